The highest BCUT2D eigenvalue weighted by molar-refractivity contribution is 5.23. The molecular weight excluding hydrogens is 244 g/mol. The van der Waals surface area contributed by atoms with Gasteiger partial charge in [0, 0.05) is 12.6 Å². The summed E-state index contributed by atoms with van der Waals surface area (Å²) in [6.45, 7) is 2.65. The van der Waals surface area contributed by atoms with Gasteiger partial charge < -0.3 is 5.32 Å². The lowest BCUT2D eigenvalue weighted by molar-refractivity contribution is 0.496. The van der Waals surface area contributed by atoms with Crippen LogP contribution in [0.2, 0.25) is 0 Å². The average Bonchev–Trinajstić information content (AvgIpc) is 2.53. The van der Waals surface area contributed by atoms with Crippen LogP contribution in [0.3, 0.4) is 0 Å². The van der Waals surface area contributed by atoms with Gasteiger partial charge in [-0.3, -0.25) is 0 Å². The molecule has 2 heteroatoms. The third kappa shape index (κ3) is 4.22. The second kappa shape index (κ2) is 7.47. The summed E-state index contributed by atoms with van der Waals surface area (Å²) in [4.78, 5) is 0. The number of nitriles is 1. The Hall–Kier alpha value is -2.11. The Morgan fingerprint density at radius 2 is 1.60 bits per heavy atom. The molecule has 2 rings (SSSR count). The van der Waals surface area contributed by atoms with Gasteiger partial charge in [0.1, 0.15) is 0 Å². The van der Waals surface area contributed by atoms with Crippen LogP contribution in [0, 0.1) is 17.2 Å². The van der Waals surface area contributed by atoms with E-state index in [0.29, 0.717) is 6.54 Å². The summed E-state index contributed by atoms with van der Waals surface area (Å²) in [6, 6.07) is 23.4. The minimum Gasteiger partial charge on any atom is -0.308 e. The van der Waals surface area contributed by atoms with Gasteiger partial charge in [0.25, 0.3) is 0 Å². The molecule has 2 nitrogen and oxygen atoms in total. The monoisotopic (exact) mass is 264 g/mol. The van der Waals surface area contributed by atoms with Crippen molar-refractivity contribution >= 4 is 0 Å². The summed E-state index contributed by atoms with van der Waals surface area (Å²) in [5.41, 5.74) is 2.57. The van der Waals surface area contributed by atoms with E-state index in [0.717, 1.165) is 6.42 Å². The van der Waals surface area contributed by atoms with Crippen LogP contribution in [0.15, 0.2) is 60.7 Å². The maximum atomic E-state index is 8.92. The van der Waals surface area contributed by atoms with E-state index in [1.807, 2.05) is 19.1 Å². The molecule has 0 aliphatic heterocycles. The largest absolute Gasteiger partial charge is 0.308 e. The molecule has 0 radical (unpaired) electrons. The molecule has 102 valence electrons. The zero-order chi connectivity index (χ0) is 14.2. The lowest BCUT2D eigenvalue weighted by Crippen LogP contribution is -2.27. The van der Waals surface area contributed by atoms with Crippen molar-refractivity contribution in [1.82, 2.24) is 5.32 Å². The molecule has 0 saturated heterocycles. The van der Waals surface area contributed by atoms with Gasteiger partial charge >= 0.3 is 0 Å². The van der Waals surface area contributed by atoms with Gasteiger partial charge in [-0.15, -0.1) is 0 Å². The number of nitrogens with zero attached hydrogens (tertiary/aromatic N) is 1. The Labute approximate surface area is 121 Å². The van der Waals surface area contributed by atoms with E-state index in [2.05, 4.69) is 59.9 Å². The minimum atomic E-state index is 0.0250. The van der Waals surface area contributed by atoms with E-state index in [1.54, 1.807) is 0 Å². The third-order valence-electron chi connectivity index (χ3n) is 3.38. The molecule has 0 aromatic heterocycles. The lowest BCUT2D eigenvalue weighted by Gasteiger charge is -2.20. The van der Waals surface area contributed by atoms with Crippen LogP contribution in [0.1, 0.15) is 24.1 Å². The van der Waals surface area contributed by atoms with Crippen molar-refractivity contribution < 1.29 is 0 Å². The highest BCUT2D eigenvalue weighted by Gasteiger charge is 2.12. The average molecular weight is 264 g/mol. The topological polar surface area (TPSA) is 35.8 Å². The van der Waals surface area contributed by atoms with Crippen molar-refractivity contribution in [3.63, 3.8) is 0 Å². The van der Waals surface area contributed by atoms with Crippen molar-refractivity contribution in [3.8, 4) is 6.07 Å². The molecule has 0 aliphatic carbocycles. The van der Waals surface area contributed by atoms with Crippen LogP contribution < -0.4 is 5.32 Å². The summed E-state index contributed by atoms with van der Waals surface area (Å²) < 4.78 is 0. The number of rotatable bonds is 6. The predicted molar refractivity (Wildman–Crippen MR) is 82.1 cm³/mol. The molecule has 0 spiro atoms. The normalized spacial score (nSPS) is 13.4. The van der Waals surface area contributed by atoms with Gasteiger partial charge in [-0.05, 0) is 24.5 Å². The molecule has 0 bridgehead atoms. The molecule has 0 amide bonds. The lowest BCUT2D eigenvalue weighted by atomic mass is 9.98. The van der Waals surface area contributed by atoms with Crippen LogP contribution in [0.5, 0.6) is 0 Å². The number of hydrogen-bond acceptors (Lipinski definition) is 2. The molecule has 2 aromatic carbocycles. The van der Waals surface area contributed by atoms with Gasteiger partial charge in [0.2, 0.25) is 0 Å². The van der Waals surface area contributed by atoms with Crippen LogP contribution >= 0.6 is 0 Å². The maximum absolute atomic E-state index is 8.92. The smallest absolute Gasteiger partial charge is 0.0666 e. The molecule has 1 N–H and O–H groups in total. The second-order valence-corrected chi connectivity index (χ2v) is 5.09. The van der Waals surface area contributed by atoms with E-state index in [4.69, 9.17) is 5.26 Å². The molecule has 2 atom stereocenters. The fraction of sp³-hybridized carbons (Fsp3) is 0.278. The SMILES string of the molecule is CC(C#N)CNC(Cc1ccccc1)c1ccccc1. The Balaban J connectivity index is 2.10. The third-order valence-corrected chi connectivity index (χ3v) is 3.38. The first kappa shape index (κ1) is 14.3. The molecular formula is C18H20N2. The van der Waals surface area contributed by atoms with Crippen LogP contribution in [-0.4, -0.2) is 6.54 Å². The summed E-state index contributed by atoms with van der Waals surface area (Å²) >= 11 is 0. The van der Waals surface area contributed by atoms with Crippen molar-refractivity contribution in [2.75, 3.05) is 6.54 Å². The van der Waals surface area contributed by atoms with E-state index in [1.165, 1.54) is 11.1 Å². The molecule has 0 saturated carbocycles. The van der Waals surface area contributed by atoms with Gasteiger partial charge in [-0.25, -0.2) is 0 Å². The number of hydrogen-bond donors (Lipinski definition) is 1. The molecule has 2 unspecified atom stereocenters. The fourth-order valence-corrected chi connectivity index (χ4v) is 2.21. The Kier molecular flexibility index (Phi) is 5.34. The van der Waals surface area contributed by atoms with Crippen molar-refractivity contribution in [2.24, 2.45) is 5.92 Å². The van der Waals surface area contributed by atoms with E-state index in [9.17, 15) is 0 Å². The number of benzene rings is 2. The summed E-state index contributed by atoms with van der Waals surface area (Å²) in [6.07, 6.45) is 0.934. The highest BCUT2D eigenvalue weighted by Crippen LogP contribution is 2.18. The zero-order valence-corrected chi connectivity index (χ0v) is 11.8. The quantitative estimate of drug-likeness (QED) is 0.863. The van der Waals surface area contributed by atoms with E-state index in [-0.39, 0.29) is 12.0 Å². The first-order chi connectivity index (χ1) is 9.79. The molecule has 0 aliphatic rings. The summed E-state index contributed by atoms with van der Waals surface area (Å²) in [5, 5.41) is 12.4. The molecule has 0 fully saturated rings. The van der Waals surface area contributed by atoms with Crippen molar-refractivity contribution in [2.45, 2.75) is 19.4 Å². The Morgan fingerprint density at radius 1 is 1.00 bits per heavy atom. The van der Waals surface area contributed by atoms with Crippen LogP contribution in [0.25, 0.3) is 0 Å². The molecule has 0 heterocycles. The molecule has 20 heavy (non-hydrogen) atoms. The van der Waals surface area contributed by atoms with Crippen molar-refractivity contribution in [3.05, 3.63) is 71.8 Å². The van der Waals surface area contributed by atoms with Gasteiger partial charge in [0.05, 0.1) is 12.0 Å². The summed E-state index contributed by atoms with van der Waals surface area (Å²) in [7, 11) is 0. The number of nitrogens with one attached hydrogen (secondary N) is 1. The molecule has 2 aromatic rings. The van der Waals surface area contributed by atoms with Gasteiger partial charge in [0.15, 0.2) is 0 Å². The van der Waals surface area contributed by atoms with E-state index >= 15 is 0 Å². The van der Waals surface area contributed by atoms with Gasteiger partial charge in [-0.2, -0.15) is 5.26 Å². The summed E-state index contributed by atoms with van der Waals surface area (Å²) in [5.74, 6) is 0.0250. The van der Waals surface area contributed by atoms with Crippen LogP contribution in [-0.2, 0) is 6.42 Å². The van der Waals surface area contributed by atoms with Gasteiger partial charge in [-0.1, -0.05) is 60.7 Å². The maximum Gasteiger partial charge on any atom is 0.0666 e. The highest BCUT2D eigenvalue weighted by atomic mass is 14.9. The standard InChI is InChI=1S/C18H20N2/c1-15(13-19)14-20-18(17-10-6-3-7-11-17)12-16-8-4-2-5-9-16/h2-11,15,18,20H,12,14H2,1H3. The Morgan fingerprint density at radius 3 is 2.20 bits per heavy atom. The first-order valence-corrected chi connectivity index (χ1v) is 7.01. The minimum absolute atomic E-state index is 0.0250. The Bertz CT molecular complexity index is 543. The zero-order valence-electron chi connectivity index (χ0n) is 11.8. The van der Waals surface area contributed by atoms with E-state index < -0.39 is 0 Å². The second-order valence-electron chi connectivity index (χ2n) is 5.09. The van der Waals surface area contributed by atoms with Crippen molar-refractivity contribution in [1.29, 1.82) is 5.26 Å². The first-order valence-electron chi connectivity index (χ1n) is 7.01. The predicted octanol–water partition coefficient (Wildman–Crippen LogP) is 3.72. The van der Waals surface area contributed by atoms with Crippen LogP contribution in [0.4, 0.5) is 0 Å². The fourth-order valence-electron chi connectivity index (χ4n) is 2.21.